The Hall–Kier alpha value is -1.69. The van der Waals surface area contributed by atoms with Crippen molar-refractivity contribution in [3.63, 3.8) is 0 Å². The second kappa shape index (κ2) is 7.51. The molecule has 1 aromatic heterocycles. The maximum absolute atomic E-state index is 13.0. The van der Waals surface area contributed by atoms with Crippen LogP contribution in [0.3, 0.4) is 0 Å². The van der Waals surface area contributed by atoms with Crippen molar-refractivity contribution in [2.45, 2.75) is 39.0 Å². The summed E-state index contributed by atoms with van der Waals surface area (Å²) in [7, 11) is 0. The summed E-state index contributed by atoms with van der Waals surface area (Å²) in [4.78, 5) is 19.6. The van der Waals surface area contributed by atoms with Crippen LogP contribution in [0.1, 0.15) is 32.6 Å². The highest BCUT2D eigenvalue weighted by atomic mass is 32.1. The van der Waals surface area contributed by atoms with Crippen molar-refractivity contribution in [1.82, 2.24) is 9.80 Å². The monoisotopic (exact) mass is 370 g/mol. The molecule has 2 atom stereocenters. The topological polar surface area (TPSA) is 32.8 Å². The van der Waals surface area contributed by atoms with Crippen LogP contribution in [0.5, 0.6) is 0 Å². The Morgan fingerprint density at radius 3 is 2.81 bits per heavy atom. The molecular weight excluding hydrogens is 344 g/mol. The Morgan fingerprint density at radius 2 is 2.08 bits per heavy atom. The molecule has 5 heteroatoms. The summed E-state index contributed by atoms with van der Waals surface area (Å²) in [6.45, 7) is 8.30. The standard InChI is InChI=1S/C21H26N2O2S/c1-3-19-15(2)11-20(26-19)21(24)23-13-17-18(14-23)25-10-9-22(17)12-16-7-5-4-6-8-16/h4-8,11,17-18H,3,9-10,12-14H2,1-2H3/t17-,18+/m1/s1. The third kappa shape index (κ3) is 3.43. The first kappa shape index (κ1) is 17.7. The number of ether oxygens (including phenoxy) is 1. The van der Waals surface area contributed by atoms with E-state index in [9.17, 15) is 4.79 Å². The number of hydrogen-bond acceptors (Lipinski definition) is 4. The summed E-state index contributed by atoms with van der Waals surface area (Å²) in [5.74, 6) is 0.162. The molecule has 4 rings (SSSR count). The fourth-order valence-electron chi connectivity index (χ4n) is 4.07. The quantitative estimate of drug-likeness (QED) is 0.827. The summed E-state index contributed by atoms with van der Waals surface area (Å²) >= 11 is 1.65. The van der Waals surface area contributed by atoms with Crippen LogP contribution < -0.4 is 0 Å². The van der Waals surface area contributed by atoms with Crippen molar-refractivity contribution in [3.05, 3.63) is 57.3 Å². The van der Waals surface area contributed by atoms with Crippen molar-refractivity contribution < 1.29 is 9.53 Å². The fourth-order valence-corrected chi connectivity index (χ4v) is 5.15. The van der Waals surface area contributed by atoms with E-state index in [-0.39, 0.29) is 12.0 Å². The third-order valence-corrected chi connectivity index (χ3v) is 6.85. The molecule has 0 N–H and O–H groups in total. The first-order chi connectivity index (χ1) is 12.7. The molecule has 2 fully saturated rings. The van der Waals surface area contributed by atoms with Crippen molar-refractivity contribution >= 4 is 17.2 Å². The second-order valence-electron chi connectivity index (χ2n) is 7.21. The minimum atomic E-state index is 0.128. The van der Waals surface area contributed by atoms with Gasteiger partial charge in [0.25, 0.3) is 5.91 Å². The number of thiophene rings is 1. The van der Waals surface area contributed by atoms with E-state index in [0.29, 0.717) is 12.6 Å². The highest BCUT2D eigenvalue weighted by Gasteiger charge is 2.42. The van der Waals surface area contributed by atoms with Crippen LogP contribution in [0, 0.1) is 6.92 Å². The minimum absolute atomic E-state index is 0.128. The molecule has 3 heterocycles. The van der Waals surface area contributed by atoms with Gasteiger partial charge in [0.1, 0.15) is 0 Å². The van der Waals surface area contributed by atoms with Crippen molar-refractivity contribution in [2.75, 3.05) is 26.2 Å². The second-order valence-corrected chi connectivity index (χ2v) is 8.35. The normalized spacial score (nSPS) is 23.2. The predicted molar refractivity (Wildman–Crippen MR) is 105 cm³/mol. The number of fused-ring (bicyclic) bond motifs is 1. The number of benzene rings is 1. The summed E-state index contributed by atoms with van der Waals surface area (Å²) < 4.78 is 6.00. The van der Waals surface area contributed by atoms with Gasteiger partial charge in [-0.3, -0.25) is 9.69 Å². The lowest BCUT2D eigenvalue weighted by Gasteiger charge is -2.36. The van der Waals surface area contributed by atoms with Crippen LogP contribution in [0.25, 0.3) is 0 Å². The molecule has 0 unspecified atom stereocenters. The fraction of sp³-hybridized carbons (Fsp3) is 0.476. The molecule has 26 heavy (non-hydrogen) atoms. The number of hydrogen-bond donors (Lipinski definition) is 0. The molecule has 1 aromatic carbocycles. The van der Waals surface area contributed by atoms with Crippen LogP contribution in [0.4, 0.5) is 0 Å². The number of morpholine rings is 1. The van der Waals surface area contributed by atoms with Gasteiger partial charge in [-0.2, -0.15) is 0 Å². The first-order valence-electron chi connectivity index (χ1n) is 9.44. The molecule has 2 saturated heterocycles. The molecular formula is C21H26N2O2S. The van der Waals surface area contributed by atoms with Gasteiger partial charge in [0.05, 0.1) is 23.6 Å². The summed E-state index contributed by atoms with van der Waals surface area (Å²) in [6, 6.07) is 12.9. The van der Waals surface area contributed by atoms with E-state index < -0.39 is 0 Å². The van der Waals surface area contributed by atoms with Gasteiger partial charge in [-0.15, -0.1) is 11.3 Å². The lowest BCUT2D eigenvalue weighted by Crippen LogP contribution is -2.50. The smallest absolute Gasteiger partial charge is 0.264 e. The molecule has 138 valence electrons. The van der Waals surface area contributed by atoms with Crippen LogP contribution in [-0.4, -0.2) is 54.1 Å². The number of rotatable bonds is 4. The van der Waals surface area contributed by atoms with Gasteiger partial charge in [-0.05, 0) is 30.5 Å². The zero-order valence-corrected chi connectivity index (χ0v) is 16.3. The first-order valence-corrected chi connectivity index (χ1v) is 10.3. The van der Waals surface area contributed by atoms with E-state index >= 15 is 0 Å². The van der Waals surface area contributed by atoms with E-state index in [1.54, 1.807) is 11.3 Å². The molecule has 1 amide bonds. The Kier molecular flexibility index (Phi) is 5.11. The lowest BCUT2D eigenvalue weighted by molar-refractivity contribution is -0.0503. The zero-order chi connectivity index (χ0) is 18.1. The Bertz CT molecular complexity index is 774. The number of likely N-dealkylation sites (tertiary alicyclic amines) is 1. The molecule has 0 spiro atoms. The van der Waals surface area contributed by atoms with E-state index in [2.05, 4.69) is 55.1 Å². The number of carbonyl (C=O) groups is 1. The molecule has 0 aliphatic carbocycles. The molecule has 0 saturated carbocycles. The Balaban J connectivity index is 1.47. The third-order valence-electron chi connectivity index (χ3n) is 5.48. The van der Waals surface area contributed by atoms with Gasteiger partial charge in [0, 0.05) is 31.1 Å². The molecule has 2 aromatic rings. The van der Waals surface area contributed by atoms with Crippen molar-refractivity contribution in [2.24, 2.45) is 0 Å². The van der Waals surface area contributed by atoms with E-state index in [0.717, 1.165) is 37.5 Å². The molecule has 4 nitrogen and oxygen atoms in total. The predicted octanol–water partition coefficient (Wildman–Crippen LogP) is 3.34. The van der Waals surface area contributed by atoms with Crippen LogP contribution >= 0.6 is 11.3 Å². The summed E-state index contributed by atoms with van der Waals surface area (Å²) in [6.07, 6.45) is 1.12. The van der Waals surface area contributed by atoms with E-state index in [1.807, 2.05) is 4.90 Å². The number of amides is 1. The maximum atomic E-state index is 13.0. The highest BCUT2D eigenvalue weighted by molar-refractivity contribution is 7.14. The van der Waals surface area contributed by atoms with Gasteiger partial charge in [-0.25, -0.2) is 0 Å². The zero-order valence-electron chi connectivity index (χ0n) is 15.5. The molecule has 2 aliphatic heterocycles. The van der Waals surface area contributed by atoms with Crippen LogP contribution in [0.2, 0.25) is 0 Å². The van der Waals surface area contributed by atoms with E-state index in [1.165, 1.54) is 16.0 Å². The van der Waals surface area contributed by atoms with E-state index in [4.69, 9.17) is 4.74 Å². The summed E-state index contributed by atoms with van der Waals surface area (Å²) in [5, 5.41) is 0. The number of aryl methyl sites for hydroxylation is 2. The Labute approximate surface area is 159 Å². The average molecular weight is 371 g/mol. The van der Waals surface area contributed by atoms with Gasteiger partial charge >= 0.3 is 0 Å². The van der Waals surface area contributed by atoms with Crippen molar-refractivity contribution in [3.8, 4) is 0 Å². The largest absolute Gasteiger partial charge is 0.373 e. The lowest BCUT2D eigenvalue weighted by atomic mass is 10.1. The van der Waals surface area contributed by atoms with Gasteiger partial charge in [0.2, 0.25) is 0 Å². The Morgan fingerprint density at radius 1 is 1.27 bits per heavy atom. The van der Waals surface area contributed by atoms with Gasteiger partial charge in [-0.1, -0.05) is 37.3 Å². The van der Waals surface area contributed by atoms with Crippen LogP contribution in [0.15, 0.2) is 36.4 Å². The molecule has 0 bridgehead atoms. The maximum Gasteiger partial charge on any atom is 0.264 e. The van der Waals surface area contributed by atoms with Crippen LogP contribution in [-0.2, 0) is 17.7 Å². The number of carbonyl (C=O) groups excluding carboxylic acids is 1. The minimum Gasteiger partial charge on any atom is -0.373 e. The molecule has 0 radical (unpaired) electrons. The number of nitrogens with zero attached hydrogens (tertiary/aromatic N) is 2. The van der Waals surface area contributed by atoms with Crippen molar-refractivity contribution in [1.29, 1.82) is 0 Å². The van der Waals surface area contributed by atoms with Gasteiger partial charge < -0.3 is 9.64 Å². The van der Waals surface area contributed by atoms with Gasteiger partial charge in [0.15, 0.2) is 0 Å². The average Bonchev–Trinajstić information content (AvgIpc) is 3.26. The summed E-state index contributed by atoms with van der Waals surface area (Å²) in [5.41, 5.74) is 2.55. The highest BCUT2D eigenvalue weighted by Crippen LogP contribution is 2.29. The SMILES string of the molecule is CCc1sc(C(=O)N2C[C@@H]3OCCN(Cc4ccccc4)[C@@H]3C2)cc1C. The molecule has 2 aliphatic rings.